The quantitative estimate of drug-likeness (QED) is 0.319. The zero-order chi connectivity index (χ0) is 21.0. The van der Waals surface area contributed by atoms with Crippen LogP contribution in [0.2, 0.25) is 0 Å². The smallest absolute Gasteiger partial charge is 0.339 e. The molecule has 1 fully saturated rings. The Morgan fingerprint density at radius 2 is 1.72 bits per heavy atom. The van der Waals surface area contributed by atoms with Gasteiger partial charge in [-0.3, -0.25) is 14.9 Å². The van der Waals surface area contributed by atoms with Crippen molar-refractivity contribution in [3.63, 3.8) is 0 Å². The summed E-state index contributed by atoms with van der Waals surface area (Å²) in [7, 11) is 0. The number of benzene rings is 2. The second-order valence-corrected chi connectivity index (χ2v) is 6.84. The zero-order valence-corrected chi connectivity index (χ0v) is 16.3. The van der Waals surface area contributed by atoms with E-state index in [9.17, 15) is 19.7 Å². The maximum atomic E-state index is 12.5. The number of carbonyl (C=O) groups is 2. The van der Waals surface area contributed by atoms with E-state index in [0.29, 0.717) is 37.6 Å². The number of hydrogen-bond donors (Lipinski definition) is 0. The first-order valence-corrected chi connectivity index (χ1v) is 9.30. The molecule has 0 aromatic heterocycles. The molecule has 0 bridgehead atoms. The molecular formula is C21H22N2O6. The van der Waals surface area contributed by atoms with E-state index >= 15 is 0 Å². The molecule has 0 saturated carbocycles. The number of nitro benzene ring substituents is 1. The molecule has 29 heavy (non-hydrogen) atoms. The van der Waals surface area contributed by atoms with E-state index in [4.69, 9.17) is 9.47 Å². The number of ether oxygens (including phenoxy) is 2. The Labute approximate surface area is 168 Å². The number of rotatable bonds is 6. The molecule has 3 rings (SSSR count). The monoisotopic (exact) mass is 398 g/mol. The van der Waals surface area contributed by atoms with Crippen molar-refractivity contribution in [1.29, 1.82) is 0 Å². The fraction of sp³-hybridized carbons (Fsp3) is 0.333. The zero-order valence-electron chi connectivity index (χ0n) is 16.3. The van der Waals surface area contributed by atoms with Crippen molar-refractivity contribution in [1.82, 2.24) is 0 Å². The molecule has 0 aliphatic carbocycles. The molecule has 8 nitrogen and oxygen atoms in total. The van der Waals surface area contributed by atoms with Crippen LogP contribution in [0, 0.1) is 17.0 Å². The van der Waals surface area contributed by atoms with Crippen molar-refractivity contribution in [2.45, 2.75) is 20.0 Å². The molecular weight excluding hydrogens is 376 g/mol. The lowest BCUT2D eigenvalue weighted by Crippen LogP contribution is -2.36. The molecule has 8 heteroatoms. The fourth-order valence-electron chi connectivity index (χ4n) is 3.10. The molecule has 0 spiro atoms. The van der Waals surface area contributed by atoms with Gasteiger partial charge in [-0.2, -0.15) is 0 Å². The minimum atomic E-state index is -1.01. The van der Waals surface area contributed by atoms with Gasteiger partial charge >= 0.3 is 5.97 Å². The van der Waals surface area contributed by atoms with E-state index in [1.165, 1.54) is 25.1 Å². The van der Waals surface area contributed by atoms with Gasteiger partial charge in [-0.1, -0.05) is 29.8 Å². The summed E-state index contributed by atoms with van der Waals surface area (Å²) >= 11 is 0. The SMILES string of the molecule is Cc1ccc(C(=O)[C@@H](C)OC(=O)c2ccc(N3CCOCC3)c([N+](=O)[O-])c2)cc1. The number of nitrogens with zero attached hydrogens (tertiary/aromatic N) is 2. The van der Waals surface area contributed by atoms with Crippen LogP contribution in [0.3, 0.4) is 0 Å². The van der Waals surface area contributed by atoms with Crippen LogP contribution in [-0.4, -0.2) is 49.1 Å². The third-order valence-electron chi connectivity index (χ3n) is 4.75. The maximum absolute atomic E-state index is 12.5. The lowest BCUT2D eigenvalue weighted by molar-refractivity contribution is -0.384. The van der Waals surface area contributed by atoms with E-state index in [1.807, 2.05) is 11.8 Å². The Balaban J connectivity index is 1.76. The van der Waals surface area contributed by atoms with Crippen LogP contribution in [0.5, 0.6) is 0 Å². The summed E-state index contributed by atoms with van der Waals surface area (Å²) in [6, 6.07) is 11.1. The number of ketones is 1. The van der Waals surface area contributed by atoms with Crippen molar-refractivity contribution < 1.29 is 24.0 Å². The third kappa shape index (κ3) is 4.78. The number of aryl methyl sites for hydroxylation is 1. The lowest BCUT2D eigenvalue weighted by atomic mass is 10.1. The summed E-state index contributed by atoms with van der Waals surface area (Å²) in [6.07, 6.45) is -1.01. The summed E-state index contributed by atoms with van der Waals surface area (Å²) in [4.78, 5) is 37.8. The highest BCUT2D eigenvalue weighted by Crippen LogP contribution is 2.30. The molecule has 1 aliphatic rings. The molecule has 1 saturated heterocycles. The molecule has 1 heterocycles. The van der Waals surface area contributed by atoms with Crippen LogP contribution >= 0.6 is 0 Å². The summed E-state index contributed by atoms with van der Waals surface area (Å²) in [5.41, 5.74) is 1.72. The highest BCUT2D eigenvalue weighted by atomic mass is 16.6. The molecule has 0 amide bonds. The van der Waals surface area contributed by atoms with E-state index in [0.717, 1.165) is 5.56 Å². The Kier molecular flexibility index (Phi) is 6.23. The highest BCUT2D eigenvalue weighted by Gasteiger charge is 2.25. The lowest BCUT2D eigenvalue weighted by Gasteiger charge is -2.28. The van der Waals surface area contributed by atoms with Crippen molar-refractivity contribution in [2.24, 2.45) is 0 Å². The number of morpholine rings is 1. The molecule has 2 aromatic rings. The predicted molar refractivity (Wildman–Crippen MR) is 107 cm³/mol. The average molecular weight is 398 g/mol. The van der Waals surface area contributed by atoms with Gasteiger partial charge < -0.3 is 14.4 Å². The number of esters is 1. The van der Waals surface area contributed by atoms with Gasteiger partial charge in [0.2, 0.25) is 5.78 Å². The van der Waals surface area contributed by atoms with Crippen LogP contribution in [0.25, 0.3) is 0 Å². The van der Waals surface area contributed by atoms with Crippen molar-refractivity contribution in [2.75, 3.05) is 31.2 Å². The Morgan fingerprint density at radius 3 is 2.34 bits per heavy atom. The van der Waals surface area contributed by atoms with Gasteiger partial charge in [0.25, 0.3) is 5.69 Å². The van der Waals surface area contributed by atoms with Gasteiger partial charge in [0.1, 0.15) is 5.69 Å². The number of carbonyl (C=O) groups excluding carboxylic acids is 2. The van der Waals surface area contributed by atoms with Gasteiger partial charge in [-0.05, 0) is 26.0 Å². The standard InChI is InChI=1S/C21H22N2O6/c1-14-3-5-16(6-4-14)20(24)15(2)29-21(25)17-7-8-18(19(13-17)23(26)27)22-9-11-28-12-10-22/h3-8,13,15H,9-12H2,1-2H3/t15-/m1/s1. The number of hydrogen-bond acceptors (Lipinski definition) is 7. The molecule has 2 aromatic carbocycles. The van der Waals surface area contributed by atoms with Gasteiger partial charge in [-0.15, -0.1) is 0 Å². The van der Waals surface area contributed by atoms with Crippen LogP contribution in [0.15, 0.2) is 42.5 Å². The van der Waals surface area contributed by atoms with Crippen LogP contribution in [-0.2, 0) is 9.47 Å². The molecule has 1 aliphatic heterocycles. The van der Waals surface area contributed by atoms with Gasteiger partial charge in [0.15, 0.2) is 6.10 Å². The van der Waals surface area contributed by atoms with Crippen LogP contribution in [0.1, 0.15) is 33.2 Å². The van der Waals surface area contributed by atoms with Gasteiger partial charge in [-0.25, -0.2) is 4.79 Å². The first-order valence-electron chi connectivity index (χ1n) is 9.30. The van der Waals surface area contributed by atoms with Gasteiger partial charge in [0.05, 0.1) is 23.7 Å². The van der Waals surface area contributed by atoms with E-state index in [2.05, 4.69) is 0 Å². The molecule has 0 radical (unpaired) electrons. The van der Waals surface area contributed by atoms with Crippen LogP contribution in [0.4, 0.5) is 11.4 Å². The average Bonchev–Trinajstić information content (AvgIpc) is 2.73. The van der Waals surface area contributed by atoms with Crippen molar-refractivity contribution in [3.8, 4) is 0 Å². The van der Waals surface area contributed by atoms with Gasteiger partial charge in [0, 0.05) is 24.7 Å². The van der Waals surface area contributed by atoms with Crippen molar-refractivity contribution in [3.05, 3.63) is 69.3 Å². The van der Waals surface area contributed by atoms with Crippen molar-refractivity contribution >= 4 is 23.1 Å². The minimum absolute atomic E-state index is 0.0252. The number of Topliss-reactive ketones (excluding diaryl/α,β-unsaturated/α-hetero) is 1. The highest BCUT2D eigenvalue weighted by molar-refractivity contribution is 6.01. The second-order valence-electron chi connectivity index (χ2n) is 6.84. The van der Waals surface area contributed by atoms with E-state index in [-0.39, 0.29) is 17.0 Å². The summed E-state index contributed by atoms with van der Waals surface area (Å²) in [6.45, 7) is 5.43. The number of nitro groups is 1. The second kappa shape index (κ2) is 8.83. The third-order valence-corrected chi connectivity index (χ3v) is 4.75. The first kappa shape index (κ1) is 20.5. The van der Waals surface area contributed by atoms with Crippen LogP contribution < -0.4 is 4.90 Å². The summed E-state index contributed by atoms with van der Waals surface area (Å²) < 4.78 is 10.5. The topological polar surface area (TPSA) is 99.0 Å². The molecule has 0 unspecified atom stereocenters. The first-order chi connectivity index (χ1) is 13.9. The van der Waals surface area contributed by atoms with E-state index in [1.54, 1.807) is 24.3 Å². The Bertz CT molecular complexity index is 919. The van der Waals surface area contributed by atoms with E-state index < -0.39 is 17.0 Å². The fourth-order valence-corrected chi connectivity index (χ4v) is 3.10. The Morgan fingerprint density at radius 1 is 1.10 bits per heavy atom. The number of anilines is 1. The normalized spacial score (nSPS) is 14.9. The molecule has 1 atom stereocenters. The minimum Gasteiger partial charge on any atom is -0.451 e. The predicted octanol–water partition coefficient (Wildman–Crippen LogP) is 3.17. The molecule has 152 valence electrons. The summed E-state index contributed by atoms with van der Waals surface area (Å²) in [5, 5.41) is 11.5. The summed E-state index contributed by atoms with van der Waals surface area (Å²) in [5.74, 6) is -1.12. The Hall–Kier alpha value is -3.26. The largest absolute Gasteiger partial charge is 0.451 e. The maximum Gasteiger partial charge on any atom is 0.339 e. The molecule has 0 N–H and O–H groups in total.